The Morgan fingerprint density at radius 2 is 1.82 bits per heavy atom. The van der Waals surface area contributed by atoms with Gasteiger partial charge < -0.3 is 18.9 Å². The predicted octanol–water partition coefficient (Wildman–Crippen LogP) is 5.12. The van der Waals surface area contributed by atoms with E-state index in [9.17, 15) is 9.59 Å². The lowest BCUT2D eigenvalue weighted by molar-refractivity contribution is -0.139. The highest BCUT2D eigenvalue weighted by Gasteiger charge is 2.35. The van der Waals surface area contributed by atoms with Crippen LogP contribution < -0.4 is 29.1 Å². The fourth-order valence-corrected chi connectivity index (χ4v) is 6.22. The van der Waals surface area contributed by atoms with Crippen molar-refractivity contribution in [2.24, 2.45) is 4.99 Å². The summed E-state index contributed by atoms with van der Waals surface area (Å²) in [6.45, 7) is 8.01. The first kappa shape index (κ1) is 30.6. The number of allylic oxidation sites excluding steroid dienone is 2. The van der Waals surface area contributed by atoms with Gasteiger partial charge in [-0.05, 0) is 73.4 Å². The third kappa shape index (κ3) is 6.23. The topological polar surface area (TPSA) is 88.4 Å². The molecule has 1 aliphatic rings. The first-order chi connectivity index (χ1) is 21.4. The summed E-state index contributed by atoms with van der Waals surface area (Å²) >= 11 is 1.26. The van der Waals surface area contributed by atoms with Gasteiger partial charge in [-0.2, -0.15) is 0 Å². The Kier molecular flexibility index (Phi) is 9.45. The number of hydrogen-bond donors (Lipinski definition) is 0. The van der Waals surface area contributed by atoms with Crippen LogP contribution in [-0.4, -0.2) is 31.4 Å². The second-order valence-electron chi connectivity index (χ2n) is 10.0. The minimum Gasteiger partial charge on any atom is -0.497 e. The van der Waals surface area contributed by atoms with Gasteiger partial charge in [-0.25, -0.2) is 9.79 Å². The predicted molar refractivity (Wildman–Crippen MR) is 171 cm³/mol. The lowest BCUT2D eigenvalue weighted by Gasteiger charge is -2.26. The van der Waals surface area contributed by atoms with E-state index in [0.717, 1.165) is 22.4 Å². The molecule has 0 saturated heterocycles. The molecule has 0 N–H and O–H groups in total. The van der Waals surface area contributed by atoms with Crippen LogP contribution in [0.1, 0.15) is 42.1 Å². The molecule has 2 heterocycles. The van der Waals surface area contributed by atoms with Crippen molar-refractivity contribution in [3.63, 3.8) is 0 Å². The van der Waals surface area contributed by atoms with Crippen molar-refractivity contribution in [1.82, 2.24) is 4.57 Å². The summed E-state index contributed by atoms with van der Waals surface area (Å²) in [6, 6.07) is 20.3. The number of esters is 1. The summed E-state index contributed by atoms with van der Waals surface area (Å²) < 4.78 is 24.7. The van der Waals surface area contributed by atoms with Gasteiger partial charge in [-0.15, -0.1) is 6.58 Å². The minimum atomic E-state index is -0.831. The second kappa shape index (κ2) is 13.6. The number of methoxy groups -OCH3 is 2. The highest BCUT2D eigenvalue weighted by atomic mass is 32.1. The van der Waals surface area contributed by atoms with Gasteiger partial charge >= 0.3 is 5.97 Å². The zero-order chi connectivity index (χ0) is 31.2. The van der Waals surface area contributed by atoms with Crippen LogP contribution in [0.4, 0.5) is 0 Å². The number of fused-ring (bicyclic) bond motifs is 1. The molecular formula is C35H34N2O6S. The van der Waals surface area contributed by atoms with Gasteiger partial charge in [0.25, 0.3) is 5.56 Å². The van der Waals surface area contributed by atoms with Crippen molar-refractivity contribution in [3.8, 4) is 17.2 Å². The second-order valence-corrected chi connectivity index (χ2v) is 11.1. The van der Waals surface area contributed by atoms with Gasteiger partial charge in [0.15, 0.2) is 4.80 Å². The molecule has 3 aromatic carbocycles. The monoisotopic (exact) mass is 610 g/mol. The van der Waals surface area contributed by atoms with E-state index in [2.05, 4.69) is 11.6 Å². The molecule has 5 rings (SSSR count). The summed E-state index contributed by atoms with van der Waals surface area (Å²) in [5, 5.41) is 0. The number of thiazole rings is 1. The first-order valence-corrected chi connectivity index (χ1v) is 15.0. The van der Waals surface area contributed by atoms with Gasteiger partial charge in [0.2, 0.25) is 0 Å². The molecule has 0 saturated carbocycles. The standard InChI is InChI=1S/C35H34N2O6S/c1-6-11-25-18-24(14-16-28(25)43-21-23-12-9-8-10-13-23)19-30-33(38)37-32(27-20-26(40-4)15-17-29(27)41-5)31(34(39)42-7-2)22(3)36-35(37)44-30/h6,8-10,12-20,32H,1,7,11,21H2,2-5H3/b30-19+/t32-/m1/s1. The van der Waals surface area contributed by atoms with Crippen molar-refractivity contribution in [3.05, 3.63) is 133 Å². The van der Waals surface area contributed by atoms with Crippen LogP contribution in [0, 0.1) is 0 Å². The number of hydrogen-bond acceptors (Lipinski definition) is 8. The number of benzene rings is 3. The van der Waals surface area contributed by atoms with Gasteiger partial charge in [-0.1, -0.05) is 53.8 Å². The van der Waals surface area contributed by atoms with Crippen molar-refractivity contribution < 1.29 is 23.7 Å². The van der Waals surface area contributed by atoms with Crippen LogP contribution in [0.25, 0.3) is 6.08 Å². The zero-order valence-electron chi connectivity index (χ0n) is 25.2. The maximum Gasteiger partial charge on any atom is 0.338 e. The molecule has 4 aromatic rings. The van der Waals surface area contributed by atoms with E-state index in [1.165, 1.54) is 15.9 Å². The summed E-state index contributed by atoms with van der Waals surface area (Å²) in [4.78, 5) is 32.6. The SMILES string of the molecule is C=CCc1cc(/C=c2/sc3n(c2=O)[C@H](c2cc(OC)ccc2OC)C(C(=O)OCC)=C(C)N=3)ccc1OCc1ccccc1. The minimum absolute atomic E-state index is 0.181. The van der Waals surface area contributed by atoms with Crippen LogP contribution in [-0.2, 0) is 22.6 Å². The Labute approximate surface area is 259 Å². The van der Waals surface area contributed by atoms with Crippen molar-refractivity contribution in [1.29, 1.82) is 0 Å². The van der Waals surface area contributed by atoms with E-state index in [-0.39, 0.29) is 17.7 Å². The maximum absolute atomic E-state index is 14.1. The highest BCUT2D eigenvalue weighted by molar-refractivity contribution is 7.07. The number of carbonyl (C=O) groups excluding carboxylic acids is 1. The lowest BCUT2D eigenvalue weighted by Crippen LogP contribution is -2.40. The zero-order valence-corrected chi connectivity index (χ0v) is 26.0. The van der Waals surface area contributed by atoms with E-state index >= 15 is 0 Å². The van der Waals surface area contributed by atoms with E-state index < -0.39 is 12.0 Å². The molecule has 9 heteroatoms. The molecule has 1 atom stereocenters. The van der Waals surface area contributed by atoms with Crippen molar-refractivity contribution in [2.75, 3.05) is 20.8 Å². The average molecular weight is 611 g/mol. The quantitative estimate of drug-likeness (QED) is 0.173. The molecule has 0 fully saturated rings. The van der Waals surface area contributed by atoms with Crippen LogP contribution >= 0.6 is 11.3 Å². The first-order valence-electron chi connectivity index (χ1n) is 14.2. The number of carbonyl (C=O) groups is 1. The Morgan fingerprint density at radius 3 is 2.52 bits per heavy atom. The molecule has 1 aromatic heterocycles. The Morgan fingerprint density at radius 1 is 1.05 bits per heavy atom. The van der Waals surface area contributed by atoms with Gasteiger partial charge in [0.05, 0.1) is 36.6 Å². The Balaban J connectivity index is 1.62. The fraction of sp³-hybridized carbons (Fsp3) is 0.229. The number of ether oxygens (including phenoxy) is 4. The summed E-state index contributed by atoms with van der Waals surface area (Å²) in [5.74, 6) is 1.28. The Hall–Kier alpha value is -4.89. The summed E-state index contributed by atoms with van der Waals surface area (Å²) in [5.41, 5.74) is 3.90. The molecule has 226 valence electrons. The molecule has 0 spiro atoms. The molecular weight excluding hydrogens is 576 g/mol. The fourth-order valence-electron chi connectivity index (χ4n) is 5.17. The van der Waals surface area contributed by atoms with Crippen LogP contribution in [0.15, 0.2) is 100 Å². The van der Waals surface area contributed by atoms with Crippen molar-refractivity contribution >= 4 is 23.4 Å². The largest absolute Gasteiger partial charge is 0.497 e. The average Bonchev–Trinajstić information content (AvgIpc) is 3.34. The van der Waals surface area contributed by atoms with E-state index in [1.54, 1.807) is 46.3 Å². The van der Waals surface area contributed by atoms with Crippen molar-refractivity contribution in [2.45, 2.75) is 32.9 Å². The molecule has 0 amide bonds. The molecule has 1 aliphatic heterocycles. The van der Waals surface area contributed by atoms with Gasteiger partial charge in [0.1, 0.15) is 29.9 Å². The van der Waals surface area contributed by atoms with Gasteiger partial charge in [-0.3, -0.25) is 9.36 Å². The van der Waals surface area contributed by atoms with E-state index in [4.69, 9.17) is 18.9 Å². The smallest absolute Gasteiger partial charge is 0.338 e. The van der Waals surface area contributed by atoms with Crippen LogP contribution in [0.3, 0.4) is 0 Å². The third-order valence-corrected chi connectivity index (χ3v) is 8.22. The number of rotatable bonds is 11. The molecule has 0 radical (unpaired) electrons. The van der Waals surface area contributed by atoms with E-state index in [0.29, 0.717) is 45.1 Å². The Bertz CT molecular complexity index is 1910. The number of nitrogens with zero attached hydrogens (tertiary/aromatic N) is 2. The summed E-state index contributed by atoms with van der Waals surface area (Å²) in [7, 11) is 3.10. The molecule has 44 heavy (non-hydrogen) atoms. The molecule has 0 aliphatic carbocycles. The van der Waals surface area contributed by atoms with Crippen LogP contribution in [0.5, 0.6) is 17.2 Å². The third-order valence-electron chi connectivity index (χ3n) is 7.23. The van der Waals surface area contributed by atoms with E-state index in [1.807, 2.05) is 60.7 Å². The lowest BCUT2D eigenvalue weighted by atomic mass is 9.94. The highest BCUT2D eigenvalue weighted by Crippen LogP contribution is 2.37. The molecule has 0 unspecified atom stereocenters. The summed E-state index contributed by atoms with van der Waals surface area (Å²) in [6.07, 6.45) is 4.26. The molecule has 0 bridgehead atoms. The van der Waals surface area contributed by atoms with Crippen LogP contribution in [0.2, 0.25) is 0 Å². The maximum atomic E-state index is 14.1. The normalized spacial score (nSPS) is 14.5. The number of aromatic nitrogens is 1. The molecule has 8 nitrogen and oxygen atoms in total. The van der Waals surface area contributed by atoms with Gasteiger partial charge in [0, 0.05) is 5.56 Å².